The van der Waals surface area contributed by atoms with Crippen LogP contribution in [0.25, 0.3) is 0 Å². The summed E-state index contributed by atoms with van der Waals surface area (Å²) in [5, 5.41) is 2.50. The maximum absolute atomic E-state index is 11.8. The summed E-state index contributed by atoms with van der Waals surface area (Å²) in [4.78, 5) is 24.9. The Labute approximate surface area is 96.4 Å². The summed E-state index contributed by atoms with van der Waals surface area (Å²) < 4.78 is 0. The van der Waals surface area contributed by atoms with E-state index < -0.39 is 11.8 Å². The van der Waals surface area contributed by atoms with Crippen LogP contribution < -0.4 is 11.1 Å². The van der Waals surface area contributed by atoms with Gasteiger partial charge in [0.2, 0.25) is 0 Å². The molecule has 0 aliphatic carbocycles. The van der Waals surface area contributed by atoms with Crippen molar-refractivity contribution in [2.24, 2.45) is 17.6 Å². The number of piperidine rings is 1. The Hall–Kier alpha value is -1.10. The van der Waals surface area contributed by atoms with E-state index >= 15 is 0 Å². The molecule has 5 nitrogen and oxygen atoms in total. The van der Waals surface area contributed by atoms with Crippen molar-refractivity contribution in [3.8, 4) is 0 Å². The standard InChI is InChI=1S/C11H21N3O2/c1-8-5-9(2)7-14(6-8)11(16)10(15)13-4-3-12/h8-9H,3-7,12H2,1-2H3,(H,13,15). The molecule has 0 saturated carbocycles. The first-order valence-electron chi connectivity index (χ1n) is 5.81. The molecule has 1 saturated heterocycles. The number of hydrogen-bond donors (Lipinski definition) is 2. The van der Waals surface area contributed by atoms with Gasteiger partial charge in [-0.15, -0.1) is 0 Å². The highest BCUT2D eigenvalue weighted by Crippen LogP contribution is 2.20. The minimum atomic E-state index is -0.535. The molecule has 2 amide bonds. The van der Waals surface area contributed by atoms with Gasteiger partial charge >= 0.3 is 11.8 Å². The second-order valence-corrected chi connectivity index (χ2v) is 4.70. The molecule has 1 rings (SSSR count). The van der Waals surface area contributed by atoms with Crippen molar-refractivity contribution in [3.63, 3.8) is 0 Å². The van der Waals surface area contributed by atoms with E-state index in [2.05, 4.69) is 19.2 Å². The lowest BCUT2D eigenvalue weighted by Gasteiger charge is -2.34. The third kappa shape index (κ3) is 3.48. The fraction of sp³-hybridized carbons (Fsp3) is 0.818. The average molecular weight is 227 g/mol. The Morgan fingerprint density at radius 1 is 1.31 bits per heavy atom. The van der Waals surface area contributed by atoms with Gasteiger partial charge in [0.05, 0.1) is 0 Å². The first kappa shape index (κ1) is 13.0. The van der Waals surface area contributed by atoms with Gasteiger partial charge in [0, 0.05) is 26.2 Å². The molecule has 0 aromatic heterocycles. The van der Waals surface area contributed by atoms with E-state index in [1.807, 2.05) is 0 Å². The summed E-state index contributed by atoms with van der Waals surface area (Å²) in [6.07, 6.45) is 1.12. The third-order valence-corrected chi connectivity index (χ3v) is 2.78. The SMILES string of the molecule is CC1CC(C)CN(C(=O)C(=O)NCCN)C1. The Bertz CT molecular complexity index is 258. The van der Waals surface area contributed by atoms with E-state index in [1.54, 1.807) is 4.90 Å². The molecule has 92 valence electrons. The summed E-state index contributed by atoms with van der Waals surface area (Å²) in [6, 6.07) is 0. The topological polar surface area (TPSA) is 75.4 Å². The monoisotopic (exact) mass is 227 g/mol. The lowest BCUT2D eigenvalue weighted by atomic mass is 9.92. The molecule has 1 heterocycles. The number of nitrogens with zero attached hydrogens (tertiary/aromatic N) is 1. The van der Waals surface area contributed by atoms with Crippen LogP contribution in [0.2, 0.25) is 0 Å². The second kappa shape index (κ2) is 5.84. The molecule has 0 spiro atoms. The van der Waals surface area contributed by atoms with Crippen molar-refractivity contribution >= 4 is 11.8 Å². The normalized spacial score (nSPS) is 25.3. The van der Waals surface area contributed by atoms with Gasteiger partial charge in [0.25, 0.3) is 0 Å². The van der Waals surface area contributed by atoms with E-state index in [-0.39, 0.29) is 0 Å². The molecule has 1 aliphatic rings. The predicted molar refractivity (Wildman–Crippen MR) is 61.6 cm³/mol. The van der Waals surface area contributed by atoms with Gasteiger partial charge in [-0.05, 0) is 18.3 Å². The van der Waals surface area contributed by atoms with E-state index in [0.717, 1.165) is 6.42 Å². The van der Waals surface area contributed by atoms with E-state index in [4.69, 9.17) is 5.73 Å². The van der Waals surface area contributed by atoms with Crippen molar-refractivity contribution in [1.29, 1.82) is 0 Å². The number of nitrogens with two attached hydrogens (primary N) is 1. The van der Waals surface area contributed by atoms with Gasteiger partial charge in [-0.1, -0.05) is 13.8 Å². The molecule has 1 fully saturated rings. The van der Waals surface area contributed by atoms with E-state index in [0.29, 0.717) is 38.0 Å². The third-order valence-electron chi connectivity index (χ3n) is 2.78. The van der Waals surface area contributed by atoms with Crippen LogP contribution in [0.4, 0.5) is 0 Å². The Balaban J connectivity index is 2.49. The van der Waals surface area contributed by atoms with Crippen molar-refractivity contribution in [2.45, 2.75) is 20.3 Å². The maximum Gasteiger partial charge on any atom is 0.311 e. The van der Waals surface area contributed by atoms with Crippen LogP contribution in [0.3, 0.4) is 0 Å². The molecule has 5 heteroatoms. The summed E-state index contributed by atoms with van der Waals surface area (Å²) >= 11 is 0. The zero-order chi connectivity index (χ0) is 12.1. The number of likely N-dealkylation sites (tertiary alicyclic amines) is 1. The highest BCUT2D eigenvalue weighted by Gasteiger charge is 2.28. The first-order chi connectivity index (χ1) is 7.54. The number of carbonyl (C=O) groups is 2. The molecule has 0 bridgehead atoms. The van der Waals surface area contributed by atoms with Gasteiger partial charge in [-0.2, -0.15) is 0 Å². The molecule has 2 unspecified atom stereocenters. The Morgan fingerprint density at radius 3 is 2.38 bits per heavy atom. The van der Waals surface area contributed by atoms with Crippen molar-refractivity contribution in [2.75, 3.05) is 26.2 Å². The van der Waals surface area contributed by atoms with Crippen molar-refractivity contribution < 1.29 is 9.59 Å². The fourth-order valence-corrected chi connectivity index (χ4v) is 2.23. The van der Waals surface area contributed by atoms with Gasteiger partial charge in [0.1, 0.15) is 0 Å². The molecule has 3 N–H and O–H groups in total. The summed E-state index contributed by atoms with van der Waals surface area (Å²) in [7, 11) is 0. The quantitative estimate of drug-likeness (QED) is 0.628. The van der Waals surface area contributed by atoms with E-state index in [9.17, 15) is 9.59 Å². The lowest BCUT2D eigenvalue weighted by molar-refractivity contribution is -0.147. The van der Waals surface area contributed by atoms with Crippen LogP contribution in [0.1, 0.15) is 20.3 Å². The molecule has 2 atom stereocenters. The molecule has 1 aliphatic heterocycles. The van der Waals surface area contributed by atoms with Crippen LogP contribution >= 0.6 is 0 Å². The minimum Gasteiger partial charge on any atom is -0.347 e. The van der Waals surface area contributed by atoms with Crippen molar-refractivity contribution in [1.82, 2.24) is 10.2 Å². The number of hydrogen-bond acceptors (Lipinski definition) is 3. The number of nitrogens with one attached hydrogen (secondary N) is 1. The zero-order valence-corrected chi connectivity index (χ0v) is 10.0. The van der Waals surface area contributed by atoms with Gasteiger partial charge < -0.3 is 16.0 Å². The number of rotatable bonds is 2. The van der Waals surface area contributed by atoms with Crippen molar-refractivity contribution in [3.05, 3.63) is 0 Å². The smallest absolute Gasteiger partial charge is 0.311 e. The molecule has 0 aromatic rings. The molecular formula is C11H21N3O2. The highest BCUT2D eigenvalue weighted by atomic mass is 16.2. The number of amides is 2. The second-order valence-electron chi connectivity index (χ2n) is 4.70. The fourth-order valence-electron chi connectivity index (χ4n) is 2.23. The van der Waals surface area contributed by atoms with E-state index in [1.165, 1.54) is 0 Å². The maximum atomic E-state index is 11.8. The largest absolute Gasteiger partial charge is 0.347 e. The van der Waals surface area contributed by atoms with Crippen LogP contribution in [0.5, 0.6) is 0 Å². The van der Waals surface area contributed by atoms with Gasteiger partial charge in [-0.25, -0.2) is 0 Å². The first-order valence-corrected chi connectivity index (χ1v) is 5.81. The number of carbonyl (C=O) groups excluding carboxylic acids is 2. The predicted octanol–water partition coefficient (Wildman–Crippen LogP) is -0.434. The summed E-state index contributed by atoms with van der Waals surface area (Å²) in [6.45, 7) is 6.27. The zero-order valence-electron chi connectivity index (χ0n) is 10.0. The lowest BCUT2D eigenvalue weighted by Crippen LogP contribution is -2.49. The van der Waals surface area contributed by atoms with Crippen LogP contribution in [0.15, 0.2) is 0 Å². The minimum absolute atomic E-state index is 0.351. The Morgan fingerprint density at radius 2 is 1.88 bits per heavy atom. The average Bonchev–Trinajstić information content (AvgIpc) is 2.23. The molecule has 16 heavy (non-hydrogen) atoms. The van der Waals surface area contributed by atoms with Gasteiger partial charge in [0.15, 0.2) is 0 Å². The van der Waals surface area contributed by atoms with Gasteiger partial charge in [-0.3, -0.25) is 9.59 Å². The summed E-state index contributed by atoms with van der Waals surface area (Å²) in [5.74, 6) is -0.0244. The molecule has 0 aromatic carbocycles. The summed E-state index contributed by atoms with van der Waals surface area (Å²) in [5.41, 5.74) is 5.26. The molecular weight excluding hydrogens is 206 g/mol. The van der Waals surface area contributed by atoms with Crippen LogP contribution in [0, 0.1) is 11.8 Å². The Kier molecular flexibility index (Phi) is 4.73. The molecule has 0 radical (unpaired) electrons. The highest BCUT2D eigenvalue weighted by molar-refractivity contribution is 6.35. The van der Waals surface area contributed by atoms with Crippen LogP contribution in [-0.4, -0.2) is 42.9 Å². The van der Waals surface area contributed by atoms with Crippen LogP contribution in [-0.2, 0) is 9.59 Å².